The highest BCUT2D eigenvalue weighted by atomic mass is 35.5. The highest BCUT2D eigenvalue weighted by Gasteiger charge is 2.11. The van der Waals surface area contributed by atoms with Crippen molar-refractivity contribution in [2.45, 2.75) is 6.92 Å². The lowest BCUT2D eigenvalue weighted by Crippen LogP contribution is -2.32. The maximum Gasteiger partial charge on any atom is 0.413 e. The van der Waals surface area contributed by atoms with E-state index in [1.165, 1.54) is 0 Å². The maximum absolute atomic E-state index is 11.6. The normalized spacial score (nSPS) is 10.0. The minimum atomic E-state index is -0.771. The standard InChI is InChI=1S/C17H16ClNO4/c1-2-22-16(20)11-19-17(21)23-15-9-8-13(10-14(15)18)12-6-4-3-5-7-12/h3-10H,2,11H2,1H3,(H,19,21). The average molecular weight is 334 g/mol. The predicted octanol–water partition coefficient (Wildman–Crippen LogP) is 3.66. The molecule has 2 aromatic rings. The van der Waals surface area contributed by atoms with Gasteiger partial charge in [-0.2, -0.15) is 0 Å². The van der Waals surface area contributed by atoms with Crippen molar-refractivity contribution >= 4 is 23.7 Å². The monoisotopic (exact) mass is 333 g/mol. The fourth-order valence-corrected chi connectivity index (χ4v) is 2.11. The molecule has 0 aliphatic carbocycles. The molecule has 1 amide bonds. The quantitative estimate of drug-likeness (QED) is 0.848. The van der Waals surface area contributed by atoms with Gasteiger partial charge in [-0.15, -0.1) is 0 Å². The van der Waals surface area contributed by atoms with Gasteiger partial charge in [0.15, 0.2) is 5.75 Å². The number of ether oxygens (including phenoxy) is 2. The number of hydrogen-bond donors (Lipinski definition) is 1. The molecule has 0 aromatic heterocycles. The number of hydrogen-bond acceptors (Lipinski definition) is 4. The van der Waals surface area contributed by atoms with E-state index < -0.39 is 12.1 Å². The number of amides is 1. The summed E-state index contributed by atoms with van der Waals surface area (Å²) >= 11 is 6.14. The molecule has 0 bridgehead atoms. The zero-order valence-electron chi connectivity index (χ0n) is 12.5. The van der Waals surface area contributed by atoms with Crippen molar-refractivity contribution in [1.29, 1.82) is 0 Å². The first-order valence-electron chi connectivity index (χ1n) is 7.06. The summed E-state index contributed by atoms with van der Waals surface area (Å²) in [7, 11) is 0. The summed E-state index contributed by atoms with van der Waals surface area (Å²) in [5, 5.41) is 2.60. The second kappa shape index (κ2) is 8.19. The number of benzene rings is 2. The molecule has 0 radical (unpaired) electrons. The van der Waals surface area contributed by atoms with E-state index in [2.05, 4.69) is 5.32 Å². The van der Waals surface area contributed by atoms with E-state index in [9.17, 15) is 9.59 Å². The van der Waals surface area contributed by atoms with Crippen LogP contribution in [0.2, 0.25) is 5.02 Å². The number of nitrogens with one attached hydrogen (secondary N) is 1. The summed E-state index contributed by atoms with van der Waals surface area (Å²) in [5.41, 5.74) is 1.92. The Morgan fingerprint density at radius 1 is 1.09 bits per heavy atom. The molecule has 23 heavy (non-hydrogen) atoms. The molecule has 0 saturated heterocycles. The van der Waals surface area contributed by atoms with Crippen LogP contribution in [-0.2, 0) is 9.53 Å². The smallest absolute Gasteiger partial charge is 0.413 e. The molecular formula is C17H16ClNO4. The van der Waals surface area contributed by atoms with Gasteiger partial charge in [0.25, 0.3) is 0 Å². The highest BCUT2D eigenvalue weighted by Crippen LogP contribution is 2.30. The van der Waals surface area contributed by atoms with E-state index >= 15 is 0 Å². The van der Waals surface area contributed by atoms with Crippen LogP contribution in [0.4, 0.5) is 4.79 Å². The lowest BCUT2D eigenvalue weighted by molar-refractivity contribution is -0.141. The van der Waals surface area contributed by atoms with Crippen molar-refractivity contribution in [1.82, 2.24) is 5.32 Å². The van der Waals surface area contributed by atoms with Crippen molar-refractivity contribution in [3.63, 3.8) is 0 Å². The molecule has 0 aliphatic heterocycles. The predicted molar refractivity (Wildman–Crippen MR) is 87.5 cm³/mol. The van der Waals surface area contributed by atoms with Crippen LogP contribution in [0, 0.1) is 0 Å². The molecule has 2 rings (SSSR count). The summed E-state index contributed by atoms with van der Waals surface area (Å²) in [6.07, 6.45) is -0.771. The van der Waals surface area contributed by atoms with Crippen LogP contribution in [0.25, 0.3) is 11.1 Å². The van der Waals surface area contributed by atoms with Gasteiger partial charge < -0.3 is 14.8 Å². The Morgan fingerprint density at radius 2 is 1.83 bits per heavy atom. The summed E-state index contributed by atoms with van der Waals surface area (Å²) in [4.78, 5) is 22.8. The van der Waals surface area contributed by atoms with Gasteiger partial charge in [-0.3, -0.25) is 4.79 Å². The third kappa shape index (κ3) is 5.00. The highest BCUT2D eigenvalue weighted by molar-refractivity contribution is 6.32. The van der Waals surface area contributed by atoms with Crippen molar-refractivity contribution < 1.29 is 19.1 Å². The number of halogens is 1. The molecule has 0 saturated carbocycles. The number of carbonyl (C=O) groups is 2. The summed E-state index contributed by atoms with van der Waals surface area (Å²) in [6, 6.07) is 14.8. The molecule has 0 atom stereocenters. The molecule has 1 N–H and O–H groups in total. The molecule has 0 aliphatic rings. The molecular weight excluding hydrogens is 318 g/mol. The Kier molecular flexibility index (Phi) is 6.00. The van der Waals surface area contributed by atoms with Crippen molar-refractivity contribution in [2.75, 3.05) is 13.2 Å². The Bertz CT molecular complexity index is 688. The first kappa shape index (κ1) is 16.8. The molecule has 0 unspecified atom stereocenters. The van der Waals surface area contributed by atoms with Gasteiger partial charge in [-0.05, 0) is 30.2 Å². The minimum Gasteiger partial charge on any atom is -0.465 e. The van der Waals surface area contributed by atoms with E-state index in [0.29, 0.717) is 5.02 Å². The van der Waals surface area contributed by atoms with Crippen molar-refractivity contribution in [3.8, 4) is 16.9 Å². The van der Waals surface area contributed by atoms with E-state index in [4.69, 9.17) is 21.1 Å². The molecule has 2 aromatic carbocycles. The Balaban J connectivity index is 1.98. The van der Waals surface area contributed by atoms with Crippen LogP contribution >= 0.6 is 11.6 Å². The van der Waals surface area contributed by atoms with Crippen LogP contribution in [0.15, 0.2) is 48.5 Å². The molecule has 6 heteroatoms. The molecule has 0 heterocycles. The van der Waals surface area contributed by atoms with Gasteiger partial charge in [-0.1, -0.05) is 48.0 Å². The Labute approximate surface area is 139 Å². The lowest BCUT2D eigenvalue weighted by atomic mass is 10.1. The van der Waals surface area contributed by atoms with Crippen LogP contribution in [0.3, 0.4) is 0 Å². The fraction of sp³-hybridized carbons (Fsp3) is 0.176. The molecule has 0 spiro atoms. The fourth-order valence-electron chi connectivity index (χ4n) is 1.89. The molecule has 5 nitrogen and oxygen atoms in total. The van der Waals surface area contributed by atoms with Crippen LogP contribution < -0.4 is 10.1 Å². The second-order valence-electron chi connectivity index (χ2n) is 4.56. The number of carbonyl (C=O) groups excluding carboxylic acids is 2. The van der Waals surface area contributed by atoms with E-state index in [-0.39, 0.29) is 18.9 Å². The number of esters is 1. The van der Waals surface area contributed by atoms with E-state index in [1.807, 2.05) is 30.3 Å². The SMILES string of the molecule is CCOC(=O)CNC(=O)Oc1ccc(-c2ccccc2)cc1Cl. The Morgan fingerprint density at radius 3 is 2.48 bits per heavy atom. The second-order valence-corrected chi connectivity index (χ2v) is 4.97. The largest absolute Gasteiger partial charge is 0.465 e. The van der Waals surface area contributed by atoms with Gasteiger partial charge in [-0.25, -0.2) is 4.79 Å². The van der Waals surface area contributed by atoms with Gasteiger partial charge in [0, 0.05) is 0 Å². The number of rotatable bonds is 5. The summed E-state index contributed by atoms with van der Waals surface area (Å²) in [6.45, 7) is 1.68. The third-order valence-corrected chi connectivity index (χ3v) is 3.22. The van der Waals surface area contributed by atoms with Gasteiger partial charge in [0.05, 0.1) is 11.6 Å². The van der Waals surface area contributed by atoms with E-state index in [0.717, 1.165) is 11.1 Å². The minimum absolute atomic E-state index is 0.215. The zero-order chi connectivity index (χ0) is 16.7. The molecule has 120 valence electrons. The topological polar surface area (TPSA) is 64.6 Å². The van der Waals surface area contributed by atoms with Crippen LogP contribution in [0.1, 0.15) is 6.92 Å². The summed E-state index contributed by atoms with van der Waals surface area (Å²) in [5.74, 6) is -0.317. The first-order valence-corrected chi connectivity index (χ1v) is 7.44. The van der Waals surface area contributed by atoms with Crippen molar-refractivity contribution in [3.05, 3.63) is 53.6 Å². The van der Waals surface area contributed by atoms with Crippen LogP contribution in [0.5, 0.6) is 5.75 Å². The van der Waals surface area contributed by atoms with Crippen molar-refractivity contribution in [2.24, 2.45) is 0 Å². The third-order valence-electron chi connectivity index (χ3n) is 2.92. The Hall–Kier alpha value is -2.53. The summed E-state index contributed by atoms with van der Waals surface area (Å²) < 4.78 is 9.77. The van der Waals surface area contributed by atoms with E-state index in [1.54, 1.807) is 25.1 Å². The molecule has 0 fully saturated rings. The zero-order valence-corrected chi connectivity index (χ0v) is 13.3. The maximum atomic E-state index is 11.6. The van der Waals surface area contributed by atoms with Gasteiger partial charge in [0.2, 0.25) is 0 Å². The van der Waals surface area contributed by atoms with Gasteiger partial charge >= 0.3 is 12.1 Å². The van der Waals surface area contributed by atoms with Gasteiger partial charge in [0.1, 0.15) is 6.54 Å². The van der Waals surface area contributed by atoms with Crippen LogP contribution in [-0.4, -0.2) is 25.2 Å². The average Bonchev–Trinajstić information content (AvgIpc) is 2.56. The lowest BCUT2D eigenvalue weighted by Gasteiger charge is -2.09. The first-order chi connectivity index (χ1) is 11.1.